The van der Waals surface area contributed by atoms with Crippen LogP contribution in [0, 0.1) is 0 Å². The number of amides is 5. The average molecular weight is 285 g/mol. The summed E-state index contributed by atoms with van der Waals surface area (Å²) < 4.78 is 0. The second kappa shape index (κ2) is 7.68. The summed E-state index contributed by atoms with van der Waals surface area (Å²) in [6.45, 7) is 7.79. The van der Waals surface area contributed by atoms with Gasteiger partial charge in [0.05, 0.1) is 6.54 Å². The van der Waals surface area contributed by atoms with Gasteiger partial charge in [-0.05, 0) is 13.8 Å². The van der Waals surface area contributed by atoms with Crippen LogP contribution in [0.3, 0.4) is 0 Å². The summed E-state index contributed by atoms with van der Waals surface area (Å²) in [5.41, 5.74) is 4.88. The highest BCUT2D eigenvalue weighted by atomic mass is 16.2. The first-order valence-electron chi connectivity index (χ1n) is 6.83. The largest absolute Gasteiger partial charge is 0.351 e. The van der Waals surface area contributed by atoms with E-state index in [1.54, 1.807) is 9.80 Å². The van der Waals surface area contributed by atoms with E-state index in [9.17, 15) is 14.4 Å². The predicted octanol–water partition coefficient (Wildman–Crippen LogP) is -0.739. The van der Waals surface area contributed by atoms with Gasteiger partial charge in [0.15, 0.2) is 0 Å². The molecule has 0 aliphatic carbocycles. The Morgan fingerprint density at radius 2 is 1.65 bits per heavy atom. The summed E-state index contributed by atoms with van der Waals surface area (Å²) in [5.74, 6) is -0.416. The average Bonchev–Trinajstić information content (AvgIpc) is 2.39. The van der Waals surface area contributed by atoms with E-state index < -0.39 is 11.9 Å². The Balaban J connectivity index is 2.38. The maximum atomic E-state index is 12.1. The van der Waals surface area contributed by atoms with Gasteiger partial charge in [0.1, 0.15) is 0 Å². The number of urea groups is 2. The van der Waals surface area contributed by atoms with Gasteiger partial charge in [0.25, 0.3) is 0 Å². The molecule has 1 rings (SSSR count). The third-order valence-corrected chi connectivity index (χ3v) is 3.31. The molecule has 3 N–H and O–H groups in total. The number of carbonyl (C=O) groups is 3. The summed E-state index contributed by atoms with van der Waals surface area (Å²) in [6, 6.07) is -0.804. The van der Waals surface area contributed by atoms with Gasteiger partial charge in [-0.15, -0.1) is 0 Å². The molecule has 0 atom stereocenters. The third-order valence-electron chi connectivity index (χ3n) is 3.31. The van der Waals surface area contributed by atoms with Crippen molar-refractivity contribution in [1.29, 1.82) is 0 Å². The Morgan fingerprint density at radius 1 is 1.10 bits per heavy atom. The van der Waals surface area contributed by atoms with Gasteiger partial charge in [0, 0.05) is 39.3 Å². The topological polar surface area (TPSA) is 99.0 Å². The maximum Gasteiger partial charge on any atom is 0.320 e. The van der Waals surface area contributed by atoms with Crippen molar-refractivity contribution in [1.82, 2.24) is 20.0 Å². The van der Waals surface area contributed by atoms with Crippen molar-refractivity contribution in [3.63, 3.8) is 0 Å². The van der Waals surface area contributed by atoms with Crippen molar-refractivity contribution in [3.05, 3.63) is 0 Å². The van der Waals surface area contributed by atoms with Crippen molar-refractivity contribution in [2.24, 2.45) is 5.73 Å². The number of piperazine rings is 1. The van der Waals surface area contributed by atoms with E-state index in [0.717, 1.165) is 0 Å². The van der Waals surface area contributed by atoms with Crippen LogP contribution < -0.4 is 11.1 Å². The lowest BCUT2D eigenvalue weighted by molar-refractivity contribution is -0.121. The van der Waals surface area contributed by atoms with Crippen molar-refractivity contribution in [2.75, 3.05) is 45.8 Å². The summed E-state index contributed by atoms with van der Waals surface area (Å²) in [7, 11) is 0. The zero-order chi connectivity index (χ0) is 15.1. The number of nitrogens with zero attached hydrogens (tertiary/aromatic N) is 3. The number of hydrogen-bond donors (Lipinski definition) is 2. The Kier molecular flexibility index (Phi) is 6.23. The van der Waals surface area contributed by atoms with Crippen LogP contribution in [0.15, 0.2) is 0 Å². The minimum atomic E-state index is -0.842. The van der Waals surface area contributed by atoms with E-state index >= 15 is 0 Å². The van der Waals surface area contributed by atoms with E-state index in [1.165, 1.54) is 0 Å². The van der Waals surface area contributed by atoms with Gasteiger partial charge in [-0.2, -0.15) is 0 Å². The van der Waals surface area contributed by atoms with Gasteiger partial charge in [-0.25, -0.2) is 9.59 Å². The van der Waals surface area contributed by atoms with Crippen LogP contribution in [0.25, 0.3) is 0 Å². The summed E-state index contributed by atoms with van der Waals surface area (Å²) in [6.07, 6.45) is 0. The number of carbonyl (C=O) groups excluding carboxylic acids is 3. The molecule has 1 fully saturated rings. The van der Waals surface area contributed by atoms with E-state index in [4.69, 9.17) is 5.73 Å². The minimum absolute atomic E-state index is 0.0382. The van der Waals surface area contributed by atoms with Crippen LogP contribution >= 0.6 is 0 Å². The highest BCUT2D eigenvalue weighted by molar-refractivity contribution is 5.94. The zero-order valence-electron chi connectivity index (χ0n) is 12.1. The van der Waals surface area contributed by atoms with E-state index in [0.29, 0.717) is 39.3 Å². The fourth-order valence-corrected chi connectivity index (χ4v) is 2.17. The molecule has 0 radical (unpaired) electrons. The number of rotatable bonds is 4. The van der Waals surface area contributed by atoms with Crippen LogP contribution in [0.2, 0.25) is 0 Å². The van der Waals surface area contributed by atoms with E-state index in [1.807, 2.05) is 24.1 Å². The zero-order valence-corrected chi connectivity index (χ0v) is 12.1. The Bertz CT molecular complexity index is 362. The molecular formula is C12H23N5O3. The lowest BCUT2D eigenvalue weighted by atomic mass is 10.3. The molecule has 0 spiro atoms. The summed E-state index contributed by atoms with van der Waals surface area (Å²) in [5, 5.41) is 2.03. The van der Waals surface area contributed by atoms with Gasteiger partial charge < -0.3 is 15.5 Å². The molecule has 5 amide bonds. The number of primary amides is 1. The van der Waals surface area contributed by atoms with Gasteiger partial charge in [-0.3, -0.25) is 15.0 Å². The monoisotopic (exact) mass is 285 g/mol. The first kappa shape index (κ1) is 16.2. The van der Waals surface area contributed by atoms with Gasteiger partial charge in [-0.1, -0.05) is 0 Å². The fraction of sp³-hybridized carbons (Fsp3) is 0.750. The minimum Gasteiger partial charge on any atom is -0.351 e. The molecule has 0 bridgehead atoms. The first-order valence-corrected chi connectivity index (χ1v) is 6.83. The van der Waals surface area contributed by atoms with Crippen LogP contribution in [-0.4, -0.2) is 78.5 Å². The molecule has 1 aliphatic heterocycles. The second-order valence-corrected chi connectivity index (χ2v) is 4.63. The molecular weight excluding hydrogens is 262 g/mol. The van der Waals surface area contributed by atoms with Crippen LogP contribution in [0.5, 0.6) is 0 Å². The molecule has 8 nitrogen and oxygen atoms in total. The molecule has 0 aromatic rings. The number of nitrogens with two attached hydrogens (primary N) is 1. The Morgan fingerprint density at radius 3 is 2.10 bits per heavy atom. The molecule has 8 heteroatoms. The SMILES string of the molecule is CCN(CC)C(=O)N1CCN(CC(=O)NC(N)=O)CC1. The van der Waals surface area contributed by atoms with Crippen molar-refractivity contribution < 1.29 is 14.4 Å². The van der Waals surface area contributed by atoms with Gasteiger partial charge >= 0.3 is 12.1 Å². The molecule has 0 unspecified atom stereocenters. The normalized spacial score (nSPS) is 15.8. The highest BCUT2D eigenvalue weighted by Crippen LogP contribution is 2.05. The maximum absolute atomic E-state index is 12.1. The predicted molar refractivity (Wildman–Crippen MR) is 74.1 cm³/mol. The van der Waals surface area contributed by atoms with Crippen molar-refractivity contribution in [3.8, 4) is 0 Å². The third kappa shape index (κ3) is 4.69. The van der Waals surface area contributed by atoms with E-state index in [-0.39, 0.29) is 12.6 Å². The Hall–Kier alpha value is -1.83. The van der Waals surface area contributed by atoms with Gasteiger partial charge in [0.2, 0.25) is 5.91 Å². The number of nitrogens with one attached hydrogen (secondary N) is 1. The van der Waals surface area contributed by atoms with Crippen LogP contribution in [-0.2, 0) is 4.79 Å². The lowest BCUT2D eigenvalue weighted by Crippen LogP contribution is -2.54. The molecule has 20 heavy (non-hydrogen) atoms. The molecule has 0 saturated carbocycles. The van der Waals surface area contributed by atoms with Crippen LogP contribution in [0.1, 0.15) is 13.8 Å². The molecule has 1 heterocycles. The molecule has 114 valence electrons. The number of hydrogen-bond acceptors (Lipinski definition) is 4. The highest BCUT2D eigenvalue weighted by Gasteiger charge is 2.24. The molecule has 0 aromatic carbocycles. The standard InChI is InChI=1S/C12H23N5O3/c1-3-16(4-2)12(20)17-7-5-15(6-8-17)9-10(18)14-11(13)19/h3-9H2,1-2H3,(H3,13,14,18,19). The fourth-order valence-electron chi connectivity index (χ4n) is 2.17. The summed E-state index contributed by atoms with van der Waals surface area (Å²) >= 11 is 0. The van der Waals surface area contributed by atoms with Crippen LogP contribution in [0.4, 0.5) is 9.59 Å². The Labute approximate surface area is 118 Å². The second-order valence-electron chi connectivity index (χ2n) is 4.63. The van der Waals surface area contributed by atoms with Crippen molar-refractivity contribution in [2.45, 2.75) is 13.8 Å². The molecule has 1 saturated heterocycles. The molecule has 1 aliphatic rings. The summed E-state index contributed by atoms with van der Waals surface area (Å²) in [4.78, 5) is 39.5. The molecule has 0 aromatic heterocycles. The lowest BCUT2D eigenvalue weighted by Gasteiger charge is -2.36. The quantitative estimate of drug-likeness (QED) is 0.710. The van der Waals surface area contributed by atoms with E-state index in [2.05, 4.69) is 0 Å². The smallest absolute Gasteiger partial charge is 0.320 e. The van der Waals surface area contributed by atoms with Crippen molar-refractivity contribution >= 4 is 18.0 Å². The number of imide groups is 1. The first-order chi connectivity index (χ1) is 9.47.